The first kappa shape index (κ1) is 17.6. The number of anilines is 1. The Labute approximate surface area is 146 Å². The smallest absolute Gasteiger partial charge is 0.262 e. The molecule has 122 valence electrons. The van der Waals surface area contributed by atoms with E-state index in [1.54, 1.807) is 18.2 Å². The van der Waals surface area contributed by atoms with Gasteiger partial charge in [-0.15, -0.1) is 0 Å². The first-order chi connectivity index (χ1) is 11.0. The minimum Gasteiger partial charge on any atom is -0.482 e. The fourth-order valence-electron chi connectivity index (χ4n) is 2.18. The van der Waals surface area contributed by atoms with Crippen LogP contribution in [0.3, 0.4) is 0 Å². The molecule has 0 spiro atoms. The third kappa shape index (κ3) is 4.88. The summed E-state index contributed by atoms with van der Waals surface area (Å²) in [4.78, 5) is 12.1. The molecule has 0 radical (unpaired) electrons. The number of hydrogen-bond acceptors (Lipinski definition) is 2. The van der Waals surface area contributed by atoms with Crippen LogP contribution in [0.4, 0.5) is 5.69 Å². The van der Waals surface area contributed by atoms with Crippen molar-refractivity contribution in [3.63, 3.8) is 0 Å². The van der Waals surface area contributed by atoms with Crippen molar-refractivity contribution < 1.29 is 9.53 Å². The fourth-order valence-corrected chi connectivity index (χ4v) is 2.51. The van der Waals surface area contributed by atoms with E-state index in [4.69, 9.17) is 27.9 Å². The van der Waals surface area contributed by atoms with Gasteiger partial charge in [0, 0.05) is 16.8 Å². The zero-order valence-electron chi connectivity index (χ0n) is 13.1. The normalized spacial score (nSPS) is 11.8. The number of para-hydroxylation sites is 1. The van der Waals surface area contributed by atoms with Gasteiger partial charge in [-0.2, -0.15) is 0 Å². The molecule has 23 heavy (non-hydrogen) atoms. The highest BCUT2D eigenvalue weighted by atomic mass is 35.5. The number of carbonyl (C=O) groups is 1. The lowest BCUT2D eigenvalue weighted by molar-refractivity contribution is -0.118. The van der Waals surface area contributed by atoms with Crippen molar-refractivity contribution in [3.8, 4) is 5.75 Å². The molecule has 0 fully saturated rings. The minimum atomic E-state index is -0.239. The Bertz CT molecular complexity index is 688. The Morgan fingerprint density at radius 2 is 1.96 bits per heavy atom. The zero-order chi connectivity index (χ0) is 16.8. The third-order valence-corrected chi connectivity index (χ3v) is 4.18. The average molecular weight is 352 g/mol. The molecule has 0 saturated carbocycles. The number of rotatable bonds is 6. The lowest BCUT2D eigenvalue weighted by Crippen LogP contribution is -2.21. The maximum Gasteiger partial charge on any atom is 0.262 e. The molecule has 1 amide bonds. The lowest BCUT2D eigenvalue weighted by atomic mass is 9.97. The van der Waals surface area contributed by atoms with Crippen LogP contribution in [0.2, 0.25) is 10.0 Å². The number of hydrogen-bond donors (Lipinski definition) is 1. The molecule has 2 aromatic rings. The van der Waals surface area contributed by atoms with Crippen molar-refractivity contribution in [2.75, 3.05) is 11.9 Å². The molecule has 0 aliphatic rings. The molecular formula is C18H19Cl2NO2. The summed E-state index contributed by atoms with van der Waals surface area (Å²) < 4.78 is 5.45. The van der Waals surface area contributed by atoms with Gasteiger partial charge in [-0.25, -0.2) is 0 Å². The van der Waals surface area contributed by atoms with Crippen molar-refractivity contribution in [1.82, 2.24) is 0 Å². The van der Waals surface area contributed by atoms with E-state index in [1.807, 2.05) is 24.3 Å². The highest BCUT2D eigenvalue weighted by molar-refractivity contribution is 6.34. The van der Waals surface area contributed by atoms with Crippen LogP contribution < -0.4 is 10.1 Å². The highest BCUT2D eigenvalue weighted by Gasteiger charge is 2.12. The molecule has 0 saturated heterocycles. The molecule has 2 rings (SSSR count). The second-order valence-corrected chi connectivity index (χ2v) is 6.15. The van der Waals surface area contributed by atoms with E-state index in [9.17, 15) is 4.79 Å². The van der Waals surface area contributed by atoms with E-state index in [2.05, 4.69) is 19.2 Å². The standard InChI is InChI=1S/C18H19Cl2NO2/c1-3-12(2)14-6-4-5-7-16(14)21-18(22)11-23-17-10-13(19)8-9-15(17)20/h4-10,12H,3,11H2,1-2H3,(H,21,22)/t12-/m1/s1. The third-order valence-electron chi connectivity index (χ3n) is 3.63. The van der Waals surface area contributed by atoms with Gasteiger partial charge in [0.05, 0.1) is 5.02 Å². The molecule has 3 nitrogen and oxygen atoms in total. The van der Waals surface area contributed by atoms with Crippen molar-refractivity contribution in [1.29, 1.82) is 0 Å². The first-order valence-corrected chi connectivity index (χ1v) is 8.23. The quantitative estimate of drug-likeness (QED) is 0.743. The Balaban J connectivity index is 2.02. The Morgan fingerprint density at radius 1 is 1.22 bits per heavy atom. The van der Waals surface area contributed by atoms with Gasteiger partial charge in [-0.3, -0.25) is 4.79 Å². The SMILES string of the molecule is CC[C@@H](C)c1ccccc1NC(=O)COc1cc(Cl)ccc1Cl. The summed E-state index contributed by atoms with van der Waals surface area (Å²) in [6, 6.07) is 12.7. The van der Waals surface area contributed by atoms with E-state index >= 15 is 0 Å². The van der Waals surface area contributed by atoms with Gasteiger partial charge in [0.2, 0.25) is 0 Å². The summed E-state index contributed by atoms with van der Waals surface area (Å²) in [5.41, 5.74) is 1.93. The first-order valence-electron chi connectivity index (χ1n) is 7.48. The fraction of sp³-hybridized carbons (Fsp3) is 0.278. The van der Waals surface area contributed by atoms with E-state index in [0.29, 0.717) is 21.7 Å². The molecule has 1 N–H and O–H groups in total. The minimum absolute atomic E-state index is 0.130. The molecule has 5 heteroatoms. The Morgan fingerprint density at radius 3 is 2.70 bits per heavy atom. The van der Waals surface area contributed by atoms with E-state index in [0.717, 1.165) is 17.7 Å². The molecule has 1 atom stereocenters. The number of ether oxygens (including phenoxy) is 1. The van der Waals surface area contributed by atoms with Crippen molar-refractivity contribution in [3.05, 3.63) is 58.1 Å². The van der Waals surface area contributed by atoms with Gasteiger partial charge in [0.15, 0.2) is 6.61 Å². The number of carbonyl (C=O) groups excluding carboxylic acids is 1. The number of amides is 1. The molecule has 0 aromatic heterocycles. The second-order valence-electron chi connectivity index (χ2n) is 5.31. The summed E-state index contributed by atoms with van der Waals surface area (Å²) >= 11 is 11.9. The Kier molecular flexibility index (Phi) is 6.31. The average Bonchev–Trinajstić information content (AvgIpc) is 2.55. The van der Waals surface area contributed by atoms with E-state index < -0.39 is 0 Å². The van der Waals surface area contributed by atoms with Crippen LogP contribution >= 0.6 is 23.2 Å². The number of halogens is 2. The van der Waals surface area contributed by atoms with Crippen LogP contribution in [-0.4, -0.2) is 12.5 Å². The van der Waals surface area contributed by atoms with Crippen LogP contribution in [0.25, 0.3) is 0 Å². The molecule has 0 aliphatic heterocycles. The molecular weight excluding hydrogens is 333 g/mol. The predicted octanol–water partition coefficient (Wildman–Crippen LogP) is 5.52. The van der Waals surface area contributed by atoms with Gasteiger partial charge in [0.25, 0.3) is 5.91 Å². The Hall–Kier alpha value is -1.71. The van der Waals surface area contributed by atoms with Gasteiger partial charge in [-0.1, -0.05) is 55.2 Å². The van der Waals surface area contributed by atoms with Crippen LogP contribution in [-0.2, 0) is 4.79 Å². The molecule has 2 aromatic carbocycles. The predicted molar refractivity (Wildman–Crippen MR) is 95.7 cm³/mol. The molecule has 0 bridgehead atoms. The highest BCUT2D eigenvalue weighted by Crippen LogP contribution is 2.28. The number of nitrogens with one attached hydrogen (secondary N) is 1. The summed E-state index contributed by atoms with van der Waals surface area (Å²) in [7, 11) is 0. The number of benzene rings is 2. The topological polar surface area (TPSA) is 38.3 Å². The van der Waals surface area contributed by atoms with E-state index in [-0.39, 0.29) is 12.5 Å². The molecule has 0 aliphatic carbocycles. The largest absolute Gasteiger partial charge is 0.482 e. The summed E-state index contributed by atoms with van der Waals surface area (Å²) in [6.07, 6.45) is 1.00. The van der Waals surface area contributed by atoms with Crippen LogP contribution in [0, 0.1) is 0 Å². The lowest BCUT2D eigenvalue weighted by Gasteiger charge is -2.16. The van der Waals surface area contributed by atoms with Crippen LogP contribution in [0.5, 0.6) is 5.75 Å². The van der Waals surface area contributed by atoms with Gasteiger partial charge < -0.3 is 10.1 Å². The van der Waals surface area contributed by atoms with Crippen molar-refractivity contribution in [2.45, 2.75) is 26.2 Å². The van der Waals surface area contributed by atoms with Crippen LogP contribution in [0.1, 0.15) is 31.7 Å². The second kappa shape index (κ2) is 8.23. The zero-order valence-corrected chi connectivity index (χ0v) is 14.6. The van der Waals surface area contributed by atoms with Gasteiger partial charge in [-0.05, 0) is 36.1 Å². The molecule has 0 unspecified atom stereocenters. The van der Waals surface area contributed by atoms with Crippen molar-refractivity contribution in [2.24, 2.45) is 0 Å². The maximum absolute atomic E-state index is 12.1. The van der Waals surface area contributed by atoms with E-state index in [1.165, 1.54) is 0 Å². The van der Waals surface area contributed by atoms with Crippen LogP contribution in [0.15, 0.2) is 42.5 Å². The van der Waals surface area contributed by atoms with Crippen molar-refractivity contribution >= 4 is 34.8 Å². The monoisotopic (exact) mass is 351 g/mol. The maximum atomic E-state index is 12.1. The summed E-state index contributed by atoms with van der Waals surface area (Å²) in [5, 5.41) is 3.82. The summed E-state index contributed by atoms with van der Waals surface area (Å²) in [5.74, 6) is 0.524. The van der Waals surface area contributed by atoms with Gasteiger partial charge in [0.1, 0.15) is 5.75 Å². The summed E-state index contributed by atoms with van der Waals surface area (Å²) in [6.45, 7) is 4.12. The van der Waals surface area contributed by atoms with Gasteiger partial charge >= 0.3 is 0 Å². The molecule has 0 heterocycles.